The molecule has 1 amide bonds. The molecule has 2 rings (SSSR count). The van der Waals surface area contributed by atoms with Gasteiger partial charge < -0.3 is 16.0 Å². The predicted octanol–water partition coefficient (Wildman–Crippen LogP) is 3.15. The lowest BCUT2D eigenvalue weighted by Crippen LogP contribution is -2.18. The molecule has 0 heterocycles. The highest BCUT2D eigenvalue weighted by atomic mass is 16.1. The third-order valence-electron chi connectivity index (χ3n) is 3.37. The molecular weight excluding hydrogens is 262 g/mol. The van der Waals surface area contributed by atoms with Gasteiger partial charge in [0, 0.05) is 31.2 Å². The standard InChI is InChI=1S/C17H21N3O/c1-4-12-5-8-14(9-6-12)19-17(21)15-11-13(18)7-10-16(15)20(2)3/h5-11H,4,18H2,1-3H3,(H,19,21). The molecule has 0 atom stereocenters. The number of aryl methyl sites for hydroxylation is 1. The van der Waals surface area contributed by atoms with Crippen molar-refractivity contribution in [2.24, 2.45) is 0 Å². The Bertz CT molecular complexity index is 633. The second kappa shape index (κ2) is 6.31. The molecule has 0 fully saturated rings. The number of nitrogen functional groups attached to an aromatic ring is 1. The highest BCUT2D eigenvalue weighted by Gasteiger charge is 2.13. The zero-order valence-electron chi connectivity index (χ0n) is 12.7. The molecule has 110 valence electrons. The number of nitrogens with zero attached hydrogens (tertiary/aromatic N) is 1. The van der Waals surface area contributed by atoms with Crippen molar-refractivity contribution in [3.63, 3.8) is 0 Å². The number of carbonyl (C=O) groups is 1. The second-order valence-electron chi connectivity index (χ2n) is 5.18. The maximum absolute atomic E-state index is 12.5. The summed E-state index contributed by atoms with van der Waals surface area (Å²) in [5.74, 6) is -0.157. The van der Waals surface area contributed by atoms with Gasteiger partial charge in [0.05, 0.1) is 5.56 Å². The highest BCUT2D eigenvalue weighted by molar-refractivity contribution is 6.08. The first-order valence-electron chi connectivity index (χ1n) is 6.98. The molecule has 0 aromatic heterocycles. The van der Waals surface area contributed by atoms with E-state index in [4.69, 9.17) is 5.73 Å². The van der Waals surface area contributed by atoms with Gasteiger partial charge in [-0.05, 0) is 42.3 Å². The summed E-state index contributed by atoms with van der Waals surface area (Å²) in [5.41, 5.74) is 9.81. The fraction of sp³-hybridized carbons (Fsp3) is 0.235. The summed E-state index contributed by atoms with van der Waals surface area (Å²) in [6.07, 6.45) is 0.980. The third kappa shape index (κ3) is 3.54. The van der Waals surface area contributed by atoms with Crippen molar-refractivity contribution in [3.8, 4) is 0 Å². The van der Waals surface area contributed by atoms with E-state index in [1.807, 2.05) is 49.3 Å². The number of anilines is 3. The zero-order valence-corrected chi connectivity index (χ0v) is 12.7. The van der Waals surface area contributed by atoms with Gasteiger partial charge in [-0.15, -0.1) is 0 Å². The van der Waals surface area contributed by atoms with Crippen LogP contribution in [0.15, 0.2) is 42.5 Å². The summed E-state index contributed by atoms with van der Waals surface area (Å²) in [7, 11) is 3.80. The van der Waals surface area contributed by atoms with Crippen LogP contribution < -0.4 is 16.0 Å². The van der Waals surface area contributed by atoms with Gasteiger partial charge in [-0.2, -0.15) is 0 Å². The minimum Gasteiger partial charge on any atom is -0.399 e. The molecule has 0 aliphatic carbocycles. The minimum absolute atomic E-state index is 0.157. The molecular formula is C17H21N3O. The van der Waals surface area contributed by atoms with Gasteiger partial charge >= 0.3 is 0 Å². The Morgan fingerprint density at radius 3 is 2.38 bits per heavy atom. The number of amides is 1. The molecule has 0 bridgehead atoms. The first-order chi connectivity index (χ1) is 10.0. The number of hydrogen-bond donors (Lipinski definition) is 2. The van der Waals surface area contributed by atoms with Gasteiger partial charge in [0.2, 0.25) is 0 Å². The normalized spacial score (nSPS) is 10.2. The van der Waals surface area contributed by atoms with Crippen LogP contribution in [0.2, 0.25) is 0 Å². The van der Waals surface area contributed by atoms with E-state index >= 15 is 0 Å². The SMILES string of the molecule is CCc1ccc(NC(=O)c2cc(N)ccc2N(C)C)cc1. The Balaban J connectivity index is 2.25. The van der Waals surface area contributed by atoms with Crippen LogP contribution in [0.1, 0.15) is 22.8 Å². The molecule has 2 aromatic rings. The van der Waals surface area contributed by atoms with Crippen molar-refractivity contribution < 1.29 is 4.79 Å². The van der Waals surface area contributed by atoms with Gasteiger partial charge in [-0.1, -0.05) is 19.1 Å². The predicted molar refractivity (Wildman–Crippen MR) is 89.0 cm³/mol. The largest absolute Gasteiger partial charge is 0.399 e. The van der Waals surface area contributed by atoms with Gasteiger partial charge in [0.15, 0.2) is 0 Å². The molecule has 0 unspecified atom stereocenters. The van der Waals surface area contributed by atoms with Crippen LogP contribution in [0.3, 0.4) is 0 Å². The van der Waals surface area contributed by atoms with E-state index in [0.29, 0.717) is 11.3 Å². The van der Waals surface area contributed by atoms with Gasteiger partial charge in [0.25, 0.3) is 5.91 Å². The van der Waals surface area contributed by atoms with E-state index in [2.05, 4.69) is 12.2 Å². The first kappa shape index (κ1) is 14.9. The molecule has 0 aliphatic rings. The number of nitrogens with two attached hydrogens (primary N) is 1. The molecule has 0 aliphatic heterocycles. The van der Waals surface area contributed by atoms with Gasteiger partial charge in [-0.25, -0.2) is 0 Å². The Hall–Kier alpha value is -2.49. The lowest BCUT2D eigenvalue weighted by molar-refractivity contribution is 0.102. The number of nitrogens with one attached hydrogen (secondary N) is 1. The number of carbonyl (C=O) groups excluding carboxylic acids is 1. The Kier molecular flexibility index (Phi) is 4.48. The molecule has 0 spiro atoms. The monoisotopic (exact) mass is 283 g/mol. The van der Waals surface area contributed by atoms with Crippen LogP contribution in [0, 0.1) is 0 Å². The Morgan fingerprint density at radius 2 is 1.81 bits per heavy atom. The first-order valence-corrected chi connectivity index (χ1v) is 6.98. The van der Waals surface area contributed by atoms with Crippen molar-refractivity contribution in [2.75, 3.05) is 30.0 Å². The number of rotatable bonds is 4. The third-order valence-corrected chi connectivity index (χ3v) is 3.37. The molecule has 2 aromatic carbocycles. The highest BCUT2D eigenvalue weighted by Crippen LogP contribution is 2.23. The number of benzene rings is 2. The lowest BCUT2D eigenvalue weighted by atomic mass is 10.1. The van der Waals surface area contributed by atoms with Gasteiger partial charge in [0.1, 0.15) is 0 Å². The van der Waals surface area contributed by atoms with Crippen LogP contribution in [-0.2, 0) is 6.42 Å². The molecule has 0 radical (unpaired) electrons. The summed E-state index contributed by atoms with van der Waals surface area (Å²) < 4.78 is 0. The molecule has 4 heteroatoms. The Labute approximate surface area is 125 Å². The summed E-state index contributed by atoms with van der Waals surface area (Å²) >= 11 is 0. The van der Waals surface area contributed by atoms with Crippen molar-refractivity contribution in [2.45, 2.75) is 13.3 Å². The smallest absolute Gasteiger partial charge is 0.257 e. The topological polar surface area (TPSA) is 58.4 Å². The van der Waals surface area contributed by atoms with E-state index in [0.717, 1.165) is 17.8 Å². The molecule has 0 saturated heterocycles. The summed E-state index contributed by atoms with van der Waals surface area (Å²) in [6, 6.07) is 13.2. The summed E-state index contributed by atoms with van der Waals surface area (Å²) in [4.78, 5) is 14.4. The van der Waals surface area contributed by atoms with Crippen molar-refractivity contribution in [3.05, 3.63) is 53.6 Å². The van der Waals surface area contributed by atoms with Crippen LogP contribution in [0.5, 0.6) is 0 Å². The minimum atomic E-state index is -0.157. The summed E-state index contributed by atoms with van der Waals surface area (Å²) in [6.45, 7) is 2.10. The fourth-order valence-electron chi connectivity index (χ4n) is 2.15. The van der Waals surface area contributed by atoms with E-state index in [9.17, 15) is 4.79 Å². The van der Waals surface area contributed by atoms with Crippen LogP contribution in [0.25, 0.3) is 0 Å². The molecule has 0 saturated carbocycles. The molecule has 3 N–H and O–H groups in total. The van der Waals surface area contributed by atoms with Crippen LogP contribution in [-0.4, -0.2) is 20.0 Å². The van der Waals surface area contributed by atoms with Crippen molar-refractivity contribution >= 4 is 23.0 Å². The number of hydrogen-bond acceptors (Lipinski definition) is 3. The Morgan fingerprint density at radius 1 is 1.14 bits per heavy atom. The van der Waals surface area contributed by atoms with E-state index in [-0.39, 0.29) is 5.91 Å². The average molecular weight is 283 g/mol. The molecule has 4 nitrogen and oxygen atoms in total. The van der Waals surface area contributed by atoms with Gasteiger partial charge in [-0.3, -0.25) is 4.79 Å². The lowest BCUT2D eigenvalue weighted by Gasteiger charge is -2.17. The van der Waals surface area contributed by atoms with E-state index in [1.54, 1.807) is 12.1 Å². The molecule has 21 heavy (non-hydrogen) atoms. The average Bonchev–Trinajstić information content (AvgIpc) is 2.47. The van der Waals surface area contributed by atoms with Crippen molar-refractivity contribution in [1.82, 2.24) is 0 Å². The summed E-state index contributed by atoms with van der Waals surface area (Å²) in [5, 5.41) is 2.91. The van der Waals surface area contributed by atoms with Crippen molar-refractivity contribution in [1.29, 1.82) is 0 Å². The van der Waals surface area contributed by atoms with Crippen LogP contribution in [0.4, 0.5) is 17.1 Å². The quantitative estimate of drug-likeness (QED) is 0.847. The second-order valence-corrected chi connectivity index (χ2v) is 5.18. The maximum Gasteiger partial charge on any atom is 0.257 e. The van der Waals surface area contributed by atoms with E-state index < -0.39 is 0 Å². The van der Waals surface area contributed by atoms with E-state index in [1.165, 1.54) is 5.56 Å². The maximum atomic E-state index is 12.5. The fourth-order valence-corrected chi connectivity index (χ4v) is 2.15. The van der Waals surface area contributed by atoms with Crippen LogP contribution >= 0.6 is 0 Å². The zero-order chi connectivity index (χ0) is 15.4.